The molecule has 1 amide bonds. The van der Waals surface area contributed by atoms with E-state index in [-0.39, 0.29) is 0 Å². The molecule has 0 aliphatic carbocycles. The molecular weight excluding hydrogens is 418 g/mol. The maximum Gasteiger partial charge on any atom is 0.206 e. The molecule has 0 spiro atoms. The van der Waals surface area contributed by atoms with E-state index >= 15 is 0 Å². The Bertz CT molecular complexity index is 984. The highest BCUT2D eigenvalue weighted by molar-refractivity contribution is 5.63. The molecule has 0 bridgehead atoms. The Morgan fingerprint density at radius 1 is 1.09 bits per heavy atom. The van der Waals surface area contributed by atoms with Crippen LogP contribution in [0.25, 0.3) is 16.9 Å². The number of aromatic nitrogens is 2. The van der Waals surface area contributed by atoms with Crippen molar-refractivity contribution >= 4 is 6.41 Å². The molecule has 178 valence electrons. The number of nitrogens with zero attached hydrogens (tertiary/aromatic N) is 2. The van der Waals surface area contributed by atoms with Gasteiger partial charge >= 0.3 is 0 Å². The molecule has 3 rings (SSSR count). The van der Waals surface area contributed by atoms with Gasteiger partial charge in [0.05, 0.1) is 24.2 Å². The Morgan fingerprint density at radius 3 is 2.24 bits per heavy atom. The molecule has 1 aromatic heterocycles. The molecule has 2 aromatic carbocycles. The lowest BCUT2D eigenvalue weighted by molar-refractivity contribution is -0.109. The van der Waals surface area contributed by atoms with Gasteiger partial charge in [0.2, 0.25) is 6.41 Å². The van der Waals surface area contributed by atoms with E-state index in [1.807, 2.05) is 35.0 Å². The van der Waals surface area contributed by atoms with E-state index in [1.165, 1.54) is 5.56 Å². The summed E-state index contributed by atoms with van der Waals surface area (Å²) in [5, 5.41) is 18.5. The molecular formula is C26H35N3O4. The second-order valence-electron chi connectivity index (χ2n) is 7.82. The van der Waals surface area contributed by atoms with Crippen LogP contribution in [0.1, 0.15) is 37.4 Å². The quantitative estimate of drug-likeness (QED) is 0.449. The predicted octanol–water partition coefficient (Wildman–Crippen LogP) is 4.24. The van der Waals surface area contributed by atoms with Crippen molar-refractivity contribution in [1.29, 1.82) is 0 Å². The summed E-state index contributed by atoms with van der Waals surface area (Å²) in [6.07, 6.45) is 2.61. The minimum absolute atomic E-state index is 0.478. The van der Waals surface area contributed by atoms with Gasteiger partial charge in [-0.1, -0.05) is 43.2 Å². The van der Waals surface area contributed by atoms with Crippen LogP contribution in [0.2, 0.25) is 0 Å². The van der Waals surface area contributed by atoms with Gasteiger partial charge in [-0.3, -0.25) is 4.79 Å². The maximum atomic E-state index is 11.4. The molecule has 1 unspecified atom stereocenters. The summed E-state index contributed by atoms with van der Waals surface area (Å²) in [6, 6.07) is 18.1. The third kappa shape index (κ3) is 6.91. The Balaban J connectivity index is 0.000000890. The zero-order chi connectivity index (χ0) is 24.3. The zero-order valence-electron chi connectivity index (χ0n) is 20.2. The molecule has 33 heavy (non-hydrogen) atoms. The fourth-order valence-corrected chi connectivity index (χ4v) is 3.52. The van der Waals surface area contributed by atoms with Gasteiger partial charge in [0.1, 0.15) is 11.4 Å². The van der Waals surface area contributed by atoms with E-state index in [9.17, 15) is 5.11 Å². The van der Waals surface area contributed by atoms with Crippen molar-refractivity contribution in [1.82, 2.24) is 15.1 Å². The van der Waals surface area contributed by atoms with Crippen LogP contribution in [0.15, 0.2) is 54.6 Å². The number of hydrogen-bond donors (Lipinski definition) is 2. The third-order valence-corrected chi connectivity index (χ3v) is 5.35. The molecule has 0 saturated carbocycles. The number of rotatable bonds is 10. The first-order valence-electron chi connectivity index (χ1n) is 11.1. The predicted molar refractivity (Wildman–Crippen MR) is 131 cm³/mol. The number of aryl methyl sites for hydroxylation is 1. The summed E-state index contributed by atoms with van der Waals surface area (Å²) in [7, 11) is 4.87. The van der Waals surface area contributed by atoms with Crippen LogP contribution < -0.4 is 10.1 Å². The molecule has 7 nitrogen and oxygen atoms in total. The largest absolute Gasteiger partial charge is 0.497 e. The van der Waals surface area contributed by atoms with Gasteiger partial charge in [-0.05, 0) is 43.7 Å². The number of ether oxygens (including phenoxy) is 2. The summed E-state index contributed by atoms with van der Waals surface area (Å²) >= 11 is 0. The molecule has 0 aliphatic heterocycles. The van der Waals surface area contributed by atoms with Crippen LogP contribution in [-0.4, -0.2) is 49.2 Å². The van der Waals surface area contributed by atoms with Crippen molar-refractivity contribution in [2.45, 2.75) is 38.7 Å². The van der Waals surface area contributed by atoms with E-state index < -0.39 is 5.60 Å². The van der Waals surface area contributed by atoms with Crippen molar-refractivity contribution < 1.29 is 19.4 Å². The van der Waals surface area contributed by atoms with Crippen molar-refractivity contribution in [2.24, 2.45) is 0 Å². The van der Waals surface area contributed by atoms with E-state index in [0.717, 1.165) is 29.1 Å². The number of nitrogens with one attached hydrogen (secondary N) is 1. The number of amides is 1. The average molecular weight is 454 g/mol. The summed E-state index contributed by atoms with van der Waals surface area (Å²) in [5.41, 5.74) is 3.75. The van der Waals surface area contributed by atoms with Gasteiger partial charge in [-0.25, -0.2) is 4.68 Å². The number of methoxy groups -OCH3 is 2. The van der Waals surface area contributed by atoms with Crippen LogP contribution in [0.5, 0.6) is 5.75 Å². The molecule has 7 heteroatoms. The number of carbonyl (C=O) groups is 1. The molecule has 2 N–H and O–H groups in total. The Labute approximate surface area is 196 Å². The van der Waals surface area contributed by atoms with Crippen molar-refractivity contribution in [2.75, 3.05) is 27.9 Å². The van der Waals surface area contributed by atoms with E-state index in [0.29, 0.717) is 31.6 Å². The summed E-state index contributed by atoms with van der Waals surface area (Å²) in [6.45, 7) is 4.62. The fourth-order valence-electron chi connectivity index (χ4n) is 3.52. The number of hydrogen-bond acceptors (Lipinski definition) is 5. The SMILES string of the molecule is CCCC(O)(CCOC)c1cc(-c2ccc(C)cc2)n(-c2ccc(OC)cc2)n1.CNC=O. The van der Waals surface area contributed by atoms with Gasteiger partial charge in [0.25, 0.3) is 0 Å². The zero-order valence-corrected chi connectivity index (χ0v) is 20.2. The number of aliphatic hydroxyl groups is 1. The van der Waals surface area contributed by atoms with Crippen molar-refractivity contribution in [3.05, 3.63) is 65.9 Å². The second-order valence-corrected chi connectivity index (χ2v) is 7.82. The molecule has 0 aliphatic rings. The van der Waals surface area contributed by atoms with E-state index in [1.54, 1.807) is 21.3 Å². The average Bonchev–Trinajstić information content (AvgIpc) is 3.30. The van der Waals surface area contributed by atoms with Crippen molar-refractivity contribution in [3.8, 4) is 22.7 Å². The lowest BCUT2D eigenvalue weighted by Crippen LogP contribution is -2.28. The van der Waals surface area contributed by atoms with Gasteiger partial charge in [0, 0.05) is 32.7 Å². The van der Waals surface area contributed by atoms with Crippen LogP contribution in [0, 0.1) is 6.92 Å². The molecule has 1 heterocycles. The van der Waals surface area contributed by atoms with Crippen LogP contribution in [0.4, 0.5) is 0 Å². The van der Waals surface area contributed by atoms with Gasteiger partial charge < -0.3 is 19.9 Å². The summed E-state index contributed by atoms with van der Waals surface area (Å²) in [4.78, 5) is 9.06. The maximum absolute atomic E-state index is 11.4. The standard InChI is InChI=1S/C24H30N2O3.C2H5NO/c1-5-14-24(27,15-16-28-3)23-17-22(19-8-6-18(2)7-9-19)26(25-23)20-10-12-21(29-4)13-11-20;1-3-2-4/h6-13,17,27H,5,14-16H2,1-4H3;2H,1H3,(H,3,4). The highest BCUT2D eigenvalue weighted by Gasteiger charge is 2.32. The molecule has 0 saturated heterocycles. The Kier molecular flexibility index (Phi) is 10.1. The van der Waals surface area contributed by atoms with Gasteiger partial charge in [0.15, 0.2) is 0 Å². The first-order chi connectivity index (χ1) is 15.9. The minimum atomic E-state index is -1.03. The molecule has 0 radical (unpaired) electrons. The first kappa shape index (κ1) is 26.1. The van der Waals surface area contributed by atoms with Gasteiger partial charge in [-0.2, -0.15) is 5.10 Å². The lowest BCUT2D eigenvalue weighted by Gasteiger charge is -2.25. The first-order valence-corrected chi connectivity index (χ1v) is 11.1. The fraction of sp³-hybridized carbons (Fsp3) is 0.385. The second kappa shape index (κ2) is 12.8. The minimum Gasteiger partial charge on any atom is -0.497 e. The topological polar surface area (TPSA) is 85.6 Å². The van der Waals surface area contributed by atoms with Crippen molar-refractivity contribution in [3.63, 3.8) is 0 Å². The molecule has 0 fully saturated rings. The Hall–Kier alpha value is -3.16. The summed E-state index contributed by atoms with van der Waals surface area (Å²) < 4.78 is 12.4. The number of carbonyl (C=O) groups excluding carboxylic acids is 1. The lowest BCUT2D eigenvalue weighted by atomic mass is 9.90. The van der Waals surface area contributed by atoms with Gasteiger partial charge in [-0.15, -0.1) is 0 Å². The van der Waals surface area contributed by atoms with Crippen LogP contribution in [-0.2, 0) is 15.1 Å². The number of benzene rings is 2. The highest BCUT2D eigenvalue weighted by atomic mass is 16.5. The molecule has 3 aromatic rings. The normalized spacial score (nSPS) is 12.3. The third-order valence-electron chi connectivity index (χ3n) is 5.35. The smallest absolute Gasteiger partial charge is 0.206 e. The van der Waals surface area contributed by atoms with E-state index in [4.69, 9.17) is 19.4 Å². The van der Waals surface area contributed by atoms with Crippen LogP contribution in [0.3, 0.4) is 0 Å². The van der Waals surface area contributed by atoms with E-state index in [2.05, 4.69) is 43.4 Å². The monoisotopic (exact) mass is 453 g/mol. The highest BCUT2D eigenvalue weighted by Crippen LogP contribution is 2.34. The van der Waals surface area contributed by atoms with Crippen LogP contribution >= 0.6 is 0 Å². The Morgan fingerprint density at radius 2 is 1.73 bits per heavy atom. The molecule has 1 atom stereocenters. The summed E-state index contributed by atoms with van der Waals surface area (Å²) in [5.74, 6) is 0.792.